The Morgan fingerprint density at radius 3 is 2.78 bits per heavy atom. The van der Waals surface area contributed by atoms with Crippen molar-refractivity contribution < 1.29 is 5.11 Å². The summed E-state index contributed by atoms with van der Waals surface area (Å²) >= 11 is 0. The van der Waals surface area contributed by atoms with Crippen LogP contribution in [0.25, 0.3) is 0 Å². The van der Waals surface area contributed by atoms with Gasteiger partial charge in [0.2, 0.25) is 0 Å². The zero-order valence-corrected chi connectivity index (χ0v) is 10.6. The lowest BCUT2D eigenvalue weighted by Crippen LogP contribution is -2.27. The fourth-order valence-electron chi connectivity index (χ4n) is 2.52. The maximum Gasteiger partial charge on any atom is 0.0991 e. The Kier molecular flexibility index (Phi) is 4.74. The lowest BCUT2D eigenvalue weighted by atomic mass is 9.87. The molecule has 0 amide bonds. The van der Waals surface area contributed by atoms with Crippen LogP contribution in [0.2, 0.25) is 0 Å². The molecule has 0 aliphatic heterocycles. The van der Waals surface area contributed by atoms with Gasteiger partial charge < -0.3 is 10.4 Å². The van der Waals surface area contributed by atoms with Crippen molar-refractivity contribution in [1.82, 2.24) is 5.32 Å². The normalized spacial score (nSPS) is 23.6. The fourth-order valence-corrected chi connectivity index (χ4v) is 2.52. The fraction of sp³-hybridized carbons (Fsp3) is 0.533. The second-order valence-electron chi connectivity index (χ2n) is 5.12. The molecular weight excluding hydrogens is 224 g/mol. The van der Waals surface area contributed by atoms with Crippen molar-refractivity contribution in [1.29, 1.82) is 5.26 Å². The van der Waals surface area contributed by atoms with E-state index in [1.165, 1.54) is 0 Å². The van der Waals surface area contributed by atoms with Gasteiger partial charge in [0.25, 0.3) is 0 Å². The number of aliphatic hydroxyl groups is 1. The number of hydrogen-bond acceptors (Lipinski definition) is 3. The number of nitrogens with zero attached hydrogens (tertiary/aromatic N) is 1. The SMILES string of the molecule is N#Cc1cccc(CNCC2CCC(O)CC2)c1. The number of benzene rings is 1. The van der Waals surface area contributed by atoms with Crippen LogP contribution in [-0.4, -0.2) is 17.8 Å². The van der Waals surface area contributed by atoms with Gasteiger partial charge in [0, 0.05) is 6.54 Å². The molecule has 0 heterocycles. The number of nitrogens with one attached hydrogen (secondary N) is 1. The first-order chi connectivity index (χ1) is 8.78. The first-order valence-corrected chi connectivity index (χ1v) is 6.66. The molecule has 18 heavy (non-hydrogen) atoms. The summed E-state index contributed by atoms with van der Waals surface area (Å²) in [6.07, 6.45) is 4.04. The summed E-state index contributed by atoms with van der Waals surface area (Å²) in [6, 6.07) is 9.87. The molecule has 0 spiro atoms. The second-order valence-corrected chi connectivity index (χ2v) is 5.12. The molecule has 0 unspecified atom stereocenters. The minimum atomic E-state index is -0.0754. The molecule has 3 nitrogen and oxygen atoms in total. The van der Waals surface area contributed by atoms with Gasteiger partial charge in [-0.2, -0.15) is 5.26 Å². The van der Waals surface area contributed by atoms with Crippen LogP contribution in [0.4, 0.5) is 0 Å². The number of aliphatic hydroxyl groups excluding tert-OH is 1. The first-order valence-electron chi connectivity index (χ1n) is 6.66. The van der Waals surface area contributed by atoms with Crippen LogP contribution in [0.3, 0.4) is 0 Å². The van der Waals surface area contributed by atoms with Gasteiger partial charge in [-0.25, -0.2) is 0 Å². The summed E-state index contributed by atoms with van der Waals surface area (Å²) in [6.45, 7) is 1.82. The summed E-state index contributed by atoms with van der Waals surface area (Å²) in [5.41, 5.74) is 1.87. The molecule has 2 N–H and O–H groups in total. The van der Waals surface area contributed by atoms with Crippen molar-refractivity contribution in [2.45, 2.75) is 38.3 Å². The van der Waals surface area contributed by atoms with Crippen LogP contribution in [0.5, 0.6) is 0 Å². The van der Waals surface area contributed by atoms with Crippen molar-refractivity contribution in [3.63, 3.8) is 0 Å². The van der Waals surface area contributed by atoms with E-state index in [0.717, 1.165) is 49.9 Å². The van der Waals surface area contributed by atoms with Crippen molar-refractivity contribution in [3.05, 3.63) is 35.4 Å². The highest BCUT2D eigenvalue weighted by Crippen LogP contribution is 2.23. The second kappa shape index (κ2) is 6.53. The van der Waals surface area contributed by atoms with Crippen molar-refractivity contribution >= 4 is 0 Å². The minimum absolute atomic E-state index is 0.0754. The molecule has 96 valence electrons. The predicted octanol–water partition coefficient (Wildman–Crippen LogP) is 2.20. The molecule has 0 saturated heterocycles. The van der Waals surface area contributed by atoms with Gasteiger partial charge in [0.1, 0.15) is 0 Å². The van der Waals surface area contributed by atoms with Crippen LogP contribution in [0.1, 0.15) is 36.8 Å². The van der Waals surface area contributed by atoms with Crippen molar-refractivity contribution in [3.8, 4) is 6.07 Å². The van der Waals surface area contributed by atoms with Gasteiger partial charge in [-0.3, -0.25) is 0 Å². The Balaban J connectivity index is 1.73. The van der Waals surface area contributed by atoms with E-state index < -0.39 is 0 Å². The van der Waals surface area contributed by atoms with E-state index in [1.807, 2.05) is 24.3 Å². The van der Waals surface area contributed by atoms with Gasteiger partial charge in [0.15, 0.2) is 0 Å². The molecule has 1 aliphatic rings. The van der Waals surface area contributed by atoms with E-state index in [4.69, 9.17) is 5.26 Å². The van der Waals surface area contributed by atoms with Crippen LogP contribution in [-0.2, 0) is 6.54 Å². The summed E-state index contributed by atoms with van der Waals surface area (Å²) in [5, 5.41) is 21.7. The highest BCUT2D eigenvalue weighted by atomic mass is 16.3. The number of nitriles is 1. The molecule has 1 saturated carbocycles. The third kappa shape index (κ3) is 3.83. The third-order valence-corrected chi connectivity index (χ3v) is 3.63. The van der Waals surface area contributed by atoms with E-state index in [9.17, 15) is 5.11 Å². The lowest BCUT2D eigenvalue weighted by Gasteiger charge is -2.25. The highest BCUT2D eigenvalue weighted by Gasteiger charge is 2.18. The van der Waals surface area contributed by atoms with Crippen LogP contribution >= 0.6 is 0 Å². The van der Waals surface area contributed by atoms with Gasteiger partial charge >= 0.3 is 0 Å². The summed E-state index contributed by atoms with van der Waals surface area (Å²) in [7, 11) is 0. The maximum absolute atomic E-state index is 9.44. The molecule has 1 fully saturated rings. The molecule has 2 rings (SSSR count). The standard InChI is InChI=1S/C15H20N2O/c16-9-13-2-1-3-14(8-13)11-17-10-12-4-6-15(18)7-5-12/h1-3,8,12,15,17-18H,4-7,10-11H2. The average Bonchev–Trinajstić information content (AvgIpc) is 2.41. The topological polar surface area (TPSA) is 56.0 Å². The summed E-state index contributed by atoms with van der Waals surface area (Å²) in [5.74, 6) is 0.688. The zero-order chi connectivity index (χ0) is 12.8. The Morgan fingerprint density at radius 2 is 2.06 bits per heavy atom. The Morgan fingerprint density at radius 1 is 1.28 bits per heavy atom. The van der Waals surface area contributed by atoms with E-state index >= 15 is 0 Å². The third-order valence-electron chi connectivity index (χ3n) is 3.63. The Hall–Kier alpha value is -1.37. The molecular formula is C15H20N2O. The predicted molar refractivity (Wildman–Crippen MR) is 70.8 cm³/mol. The highest BCUT2D eigenvalue weighted by molar-refractivity contribution is 5.32. The molecule has 1 aliphatic carbocycles. The number of rotatable bonds is 4. The largest absolute Gasteiger partial charge is 0.393 e. The smallest absolute Gasteiger partial charge is 0.0991 e. The monoisotopic (exact) mass is 244 g/mol. The van der Waals surface area contributed by atoms with Gasteiger partial charge in [-0.1, -0.05) is 12.1 Å². The molecule has 0 bridgehead atoms. The molecule has 1 aromatic carbocycles. The Labute approximate surface area is 108 Å². The quantitative estimate of drug-likeness (QED) is 0.853. The first kappa shape index (κ1) is 13.1. The number of hydrogen-bond donors (Lipinski definition) is 2. The van der Waals surface area contributed by atoms with Crippen LogP contribution in [0.15, 0.2) is 24.3 Å². The molecule has 1 aromatic rings. The van der Waals surface area contributed by atoms with Gasteiger partial charge in [-0.15, -0.1) is 0 Å². The van der Waals surface area contributed by atoms with Crippen LogP contribution in [0, 0.1) is 17.2 Å². The van der Waals surface area contributed by atoms with E-state index in [-0.39, 0.29) is 6.10 Å². The maximum atomic E-state index is 9.44. The van der Waals surface area contributed by atoms with E-state index in [2.05, 4.69) is 11.4 Å². The molecule has 3 heteroatoms. The van der Waals surface area contributed by atoms with Gasteiger partial charge in [-0.05, 0) is 55.8 Å². The molecule has 0 aromatic heterocycles. The van der Waals surface area contributed by atoms with Crippen molar-refractivity contribution in [2.75, 3.05) is 6.54 Å². The Bertz CT molecular complexity index is 417. The van der Waals surface area contributed by atoms with Crippen LogP contribution < -0.4 is 5.32 Å². The summed E-state index contributed by atoms with van der Waals surface area (Å²) < 4.78 is 0. The minimum Gasteiger partial charge on any atom is -0.393 e. The molecule has 0 radical (unpaired) electrons. The van der Waals surface area contributed by atoms with Crippen molar-refractivity contribution in [2.24, 2.45) is 5.92 Å². The average molecular weight is 244 g/mol. The van der Waals surface area contributed by atoms with E-state index in [1.54, 1.807) is 0 Å². The lowest BCUT2D eigenvalue weighted by molar-refractivity contribution is 0.108. The molecule has 0 atom stereocenters. The van der Waals surface area contributed by atoms with Gasteiger partial charge in [0.05, 0.1) is 17.7 Å². The zero-order valence-electron chi connectivity index (χ0n) is 10.6. The van der Waals surface area contributed by atoms with E-state index in [0.29, 0.717) is 5.92 Å². The summed E-state index contributed by atoms with van der Waals surface area (Å²) in [4.78, 5) is 0.